The van der Waals surface area contributed by atoms with Crippen LogP contribution in [0, 0.1) is 39.9 Å². The summed E-state index contributed by atoms with van der Waals surface area (Å²) >= 11 is 0. The first kappa shape index (κ1) is 27.5. The zero-order valence-corrected chi connectivity index (χ0v) is 23.3. The van der Waals surface area contributed by atoms with Gasteiger partial charge in [0.2, 0.25) is 0 Å². The minimum Gasteiger partial charge on any atom is -0.478 e. The highest BCUT2D eigenvalue weighted by atomic mass is 16.5. The first-order valence-electron chi connectivity index (χ1n) is 13.7. The van der Waals surface area contributed by atoms with Crippen molar-refractivity contribution in [2.45, 2.75) is 93.1 Å². The van der Waals surface area contributed by atoms with E-state index in [0.29, 0.717) is 36.8 Å². The summed E-state index contributed by atoms with van der Waals surface area (Å²) in [5.41, 5.74) is 0.561. The molecule has 0 aliphatic heterocycles. The van der Waals surface area contributed by atoms with Gasteiger partial charge in [-0.1, -0.05) is 45.4 Å². The summed E-state index contributed by atoms with van der Waals surface area (Å²) in [6, 6.07) is 0. The first-order valence-corrected chi connectivity index (χ1v) is 13.7. The monoisotopic (exact) mass is 510 g/mol. The lowest BCUT2D eigenvalue weighted by Crippen LogP contribution is -2.64. The third kappa shape index (κ3) is 4.06. The summed E-state index contributed by atoms with van der Waals surface area (Å²) in [5, 5.41) is 10.3. The van der Waals surface area contributed by atoms with E-state index in [1.807, 2.05) is 26.8 Å². The highest BCUT2D eigenvalue weighted by molar-refractivity contribution is 5.95. The van der Waals surface area contributed by atoms with Crippen LogP contribution in [-0.2, 0) is 23.9 Å². The second kappa shape index (κ2) is 9.36. The summed E-state index contributed by atoms with van der Waals surface area (Å²) in [4.78, 5) is 51.4. The minimum atomic E-state index is -0.976. The zero-order chi connectivity index (χ0) is 27.5. The van der Waals surface area contributed by atoms with Gasteiger partial charge in [0.05, 0.1) is 0 Å². The molecule has 202 valence electrons. The Morgan fingerprint density at radius 2 is 1.81 bits per heavy atom. The molecular formula is C31H42O6. The van der Waals surface area contributed by atoms with Gasteiger partial charge in [0, 0.05) is 30.3 Å². The van der Waals surface area contributed by atoms with Crippen LogP contribution in [0.15, 0.2) is 34.9 Å². The molecule has 0 spiro atoms. The Kier molecular flexibility index (Phi) is 6.96. The molecule has 3 saturated carbocycles. The average Bonchev–Trinajstić information content (AvgIpc) is 3.08. The molecule has 0 radical (unpaired) electrons. The minimum absolute atomic E-state index is 0.0237. The lowest BCUT2D eigenvalue weighted by Gasteiger charge is -2.64. The Balaban J connectivity index is 1.85. The van der Waals surface area contributed by atoms with Crippen LogP contribution in [-0.4, -0.2) is 34.7 Å². The lowest BCUT2D eigenvalue weighted by molar-refractivity contribution is -0.179. The van der Waals surface area contributed by atoms with Crippen molar-refractivity contribution in [2.24, 2.45) is 39.9 Å². The van der Waals surface area contributed by atoms with Crippen LogP contribution in [0.3, 0.4) is 0 Å². The number of aliphatic carboxylic acids is 1. The number of fused-ring (bicyclic) bond motifs is 5. The molecule has 0 amide bonds. The summed E-state index contributed by atoms with van der Waals surface area (Å²) in [6.07, 6.45) is 8.36. The van der Waals surface area contributed by atoms with Crippen LogP contribution >= 0.6 is 0 Å². The molecule has 0 unspecified atom stereocenters. The van der Waals surface area contributed by atoms with Gasteiger partial charge in [-0.3, -0.25) is 14.4 Å². The quantitative estimate of drug-likeness (QED) is 0.283. The van der Waals surface area contributed by atoms with Crippen molar-refractivity contribution < 1.29 is 29.0 Å². The second-order valence-electron chi connectivity index (χ2n) is 12.8. The molecule has 37 heavy (non-hydrogen) atoms. The fraction of sp³-hybridized carbons (Fsp3) is 0.677. The van der Waals surface area contributed by atoms with E-state index in [-0.39, 0.29) is 40.7 Å². The molecular weight excluding hydrogens is 468 g/mol. The van der Waals surface area contributed by atoms with E-state index in [9.17, 15) is 24.3 Å². The molecule has 0 bridgehead atoms. The number of allylic oxidation sites excluding steroid dienone is 4. The molecule has 0 heterocycles. The van der Waals surface area contributed by atoms with E-state index < -0.39 is 28.9 Å². The Bertz CT molecular complexity index is 1120. The molecule has 8 atom stereocenters. The number of hydrogen-bond acceptors (Lipinski definition) is 5. The van der Waals surface area contributed by atoms with Gasteiger partial charge >= 0.3 is 11.9 Å². The number of carboxylic acids is 1. The van der Waals surface area contributed by atoms with E-state index in [1.54, 1.807) is 6.08 Å². The van der Waals surface area contributed by atoms with Gasteiger partial charge in [0.15, 0.2) is 5.78 Å². The Hall–Kier alpha value is -2.50. The predicted molar refractivity (Wildman–Crippen MR) is 140 cm³/mol. The number of esters is 1. The van der Waals surface area contributed by atoms with Crippen LogP contribution < -0.4 is 0 Å². The van der Waals surface area contributed by atoms with E-state index in [1.165, 1.54) is 6.92 Å². The molecule has 4 aliphatic carbocycles. The van der Waals surface area contributed by atoms with Gasteiger partial charge in [-0.15, -0.1) is 0 Å². The molecule has 0 saturated heterocycles. The number of Topliss-reactive ketones (excluding diaryl/α,β-unsaturated/α-hetero) is 1. The zero-order valence-electron chi connectivity index (χ0n) is 23.3. The molecule has 4 rings (SSSR count). The number of ketones is 2. The second-order valence-corrected chi connectivity index (χ2v) is 12.8. The van der Waals surface area contributed by atoms with Gasteiger partial charge < -0.3 is 9.84 Å². The predicted octanol–water partition coefficient (Wildman–Crippen LogP) is 5.86. The summed E-state index contributed by atoms with van der Waals surface area (Å²) < 4.78 is 5.82. The normalized spacial score (nSPS) is 41.9. The van der Waals surface area contributed by atoms with Crippen LogP contribution in [0.2, 0.25) is 0 Å². The third-order valence-corrected chi connectivity index (χ3v) is 10.8. The molecule has 4 aliphatic rings. The largest absolute Gasteiger partial charge is 0.478 e. The van der Waals surface area contributed by atoms with Crippen LogP contribution in [0.5, 0.6) is 0 Å². The van der Waals surface area contributed by atoms with Crippen molar-refractivity contribution in [3.63, 3.8) is 0 Å². The van der Waals surface area contributed by atoms with E-state index in [2.05, 4.69) is 26.8 Å². The maximum absolute atomic E-state index is 14.2. The molecule has 0 aromatic rings. The van der Waals surface area contributed by atoms with E-state index in [0.717, 1.165) is 18.4 Å². The van der Waals surface area contributed by atoms with Crippen LogP contribution in [0.4, 0.5) is 0 Å². The molecule has 0 aromatic heterocycles. The van der Waals surface area contributed by atoms with Crippen molar-refractivity contribution in [3.8, 4) is 0 Å². The number of ether oxygens (including phenoxy) is 1. The van der Waals surface area contributed by atoms with Gasteiger partial charge in [-0.2, -0.15) is 0 Å². The van der Waals surface area contributed by atoms with Crippen molar-refractivity contribution >= 4 is 23.5 Å². The van der Waals surface area contributed by atoms with Crippen molar-refractivity contribution in [1.82, 2.24) is 0 Å². The fourth-order valence-corrected chi connectivity index (χ4v) is 8.77. The van der Waals surface area contributed by atoms with E-state index in [4.69, 9.17) is 4.74 Å². The van der Waals surface area contributed by atoms with Crippen molar-refractivity contribution in [3.05, 3.63) is 34.9 Å². The molecule has 0 aromatic carbocycles. The van der Waals surface area contributed by atoms with Crippen LogP contribution in [0.1, 0.15) is 87.0 Å². The number of hydrogen-bond donors (Lipinski definition) is 1. The third-order valence-electron chi connectivity index (χ3n) is 10.8. The first-order chi connectivity index (χ1) is 17.2. The topological polar surface area (TPSA) is 97.7 Å². The average molecular weight is 511 g/mol. The number of rotatable bonds is 5. The summed E-state index contributed by atoms with van der Waals surface area (Å²) in [5.74, 6) is -1.54. The summed E-state index contributed by atoms with van der Waals surface area (Å²) in [6.45, 7) is 13.7. The number of carboxylic acid groups (broad SMARTS) is 1. The molecule has 1 N–H and O–H groups in total. The number of carbonyl (C=O) groups is 4. The molecule has 6 nitrogen and oxygen atoms in total. The van der Waals surface area contributed by atoms with Gasteiger partial charge in [0.1, 0.15) is 11.9 Å². The maximum atomic E-state index is 14.2. The maximum Gasteiger partial charge on any atom is 0.331 e. The van der Waals surface area contributed by atoms with Gasteiger partial charge in [-0.05, 0) is 86.2 Å². The SMILES string of the molecule is CC(=O)O[C@H]1C[C@@]2(C)[C@@H](CC[C@H]3[C@@]4(C)C=CC(=O)[C@@H](C)[C@@H]4CC(=O)[C@@]32C)/C1=C(\CCC=C(C)C)C(=O)O. The highest BCUT2D eigenvalue weighted by Crippen LogP contribution is 2.72. The van der Waals surface area contributed by atoms with Crippen LogP contribution in [0.25, 0.3) is 0 Å². The fourth-order valence-electron chi connectivity index (χ4n) is 8.77. The Morgan fingerprint density at radius 1 is 1.14 bits per heavy atom. The van der Waals surface area contributed by atoms with Crippen molar-refractivity contribution in [1.29, 1.82) is 0 Å². The Morgan fingerprint density at radius 3 is 2.41 bits per heavy atom. The van der Waals surface area contributed by atoms with E-state index >= 15 is 0 Å². The lowest BCUT2D eigenvalue weighted by atomic mass is 9.37. The molecule has 3 fully saturated rings. The molecule has 6 heteroatoms. The summed E-state index contributed by atoms with van der Waals surface area (Å²) in [7, 11) is 0. The highest BCUT2D eigenvalue weighted by Gasteiger charge is 2.71. The Labute approximate surface area is 220 Å². The van der Waals surface area contributed by atoms with Gasteiger partial charge in [0.25, 0.3) is 0 Å². The van der Waals surface area contributed by atoms with Gasteiger partial charge in [-0.25, -0.2) is 4.79 Å². The smallest absolute Gasteiger partial charge is 0.331 e. The number of carbonyl (C=O) groups excluding carboxylic acids is 3. The standard InChI is InChI=1S/C31H42O6/c1-17(2)9-8-10-20(28(35)36)27-21-11-12-25-29(5)14-13-23(33)18(3)22(29)15-26(34)31(25,7)30(21,6)16-24(27)37-19(4)32/h9,13-14,18,21-22,24-25H,8,10-12,15-16H2,1-7H3,(H,35,36)/b27-20-/t18-,21-,22-,24-,25-,29-,30-,31+/m0/s1. The van der Waals surface area contributed by atoms with Crippen molar-refractivity contribution in [2.75, 3.05) is 0 Å².